The second kappa shape index (κ2) is 9.32. The average molecular weight is 345 g/mol. The highest BCUT2D eigenvalue weighted by Gasteiger charge is 2.28. The standard InChI is InChI=1S/C20H31N3O2/c21-19(18-8-12-25-13-9-18)20(24)22-14-17-7-11-23(15-17)10-6-16-4-2-1-3-5-16/h1-5,17-19H,6-15,21H2,(H,22,24). The highest BCUT2D eigenvalue weighted by molar-refractivity contribution is 5.81. The topological polar surface area (TPSA) is 67.6 Å². The molecule has 2 saturated heterocycles. The van der Waals surface area contributed by atoms with Crippen LogP contribution in [-0.2, 0) is 16.0 Å². The van der Waals surface area contributed by atoms with Crippen molar-refractivity contribution in [2.45, 2.75) is 31.7 Å². The number of carbonyl (C=O) groups excluding carboxylic acids is 1. The molecule has 5 heteroatoms. The summed E-state index contributed by atoms with van der Waals surface area (Å²) in [7, 11) is 0. The molecule has 138 valence electrons. The first kappa shape index (κ1) is 18.4. The molecule has 0 aromatic heterocycles. The molecule has 25 heavy (non-hydrogen) atoms. The van der Waals surface area contributed by atoms with Crippen LogP contribution in [0.2, 0.25) is 0 Å². The van der Waals surface area contributed by atoms with Crippen LogP contribution in [0, 0.1) is 11.8 Å². The van der Waals surface area contributed by atoms with E-state index in [-0.39, 0.29) is 17.9 Å². The summed E-state index contributed by atoms with van der Waals surface area (Å²) >= 11 is 0. The van der Waals surface area contributed by atoms with Gasteiger partial charge in [0, 0.05) is 32.8 Å². The van der Waals surface area contributed by atoms with Crippen molar-refractivity contribution in [2.24, 2.45) is 17.6 Å². The van der Waals surface area contributed by atoms with E-state index < -0.39 is 0 Å². The lowest BCUT2D eigenvalue weighted by Gasteiger charge is -2.27. The van der Waals surface area contributed by atoms with Crippen molar-refractivity contribution in [3.63, 3.8) is 0 Å². The Hall–Kier alpha value is -1.43. The van der Waals surface area contributed by atoms with Crippen molar-refractivity contribution >= 4 is 5.91 Å². The van der Waals surface area contributed by atoms with E-state index in [1.807, 2.05) is 0 Å². The van der Waals surface area contributed by atoms with Crippen molar-refractivity contribution in [1.82, 2.24) is 10.2 Å². The van der Waals surface area contributed by atoms with E-state index in [1.54, 1.807) is 0 Å². The molecule has 0 bridgehead atoms. The maximum atomic E-state index is 12.3. The van der Waals surface area contributed by atoms with Gasteiger partial charge in [0.15, 0.2) is 0 Å². The van der Waals surface area contributed by atoms with Gasteiger partial charge in [-0.15, -0.1) is 0 Å². The normalized spacial score (nSPS) is 23.5. The van der Waals surface area contributed by atoms with Gasteiger partial charge >= 0.3 is 0 Å². The molecule has 5 nitrogen and oxygen atoms in total. The summed E-state index contributed by atoms with van der Waals surface area (Å²) in [4.78, 5) is 14.8. The SMILES string of the molecule is NC(C(=O)NCC1CCN(CCc2ccccc2)C1)C1CCOCC1. The number of ether oxygens (including phenoxy) is 1. The lowest BCUT2D eigenvalue weighted by molar-refractivity contribution is -0.124. The number of nitrogens with one attached hydrogen (secondary N) is 1. The zero-order valence-electron chi connectivity index (χ0n) is 15.0. The lowest BCUT2D eigenvalue weighted by Crippen LogP contribution is -2.48. The maximum absolute atomic E-state index is 12.3. The Kier molecular flexibility index (Phi) is 6.84. The van der Waals surface area contributed by atoms with Gasteiger partial charge in [0.1, 0.15) is 0 Å². The van der Waals surface area contributed by atoms with Gasteiger partial charge in [0.25, 0.3) is 0 Å². The Morgan fingerprint density at radius 1 is 1.24 bits per heavy atom. The van der Waals surface area contributed by atoms with Crippen LogP contribution in [-0.4, -0.2) is 56.2 Å². The highest BCUT2D eigenvalue weighted by Crippen LogP contribution is 2.19. The molecule has 0 radical (unpaired) electrons. The summed E-state index contributed by atoms with van der Waals surface area (Å²) in [6, 6.07) is 10.2. The van der Waals surface area contributed by atoms with Gasteiger partial charge in [0.2, 0.25) is 5.91 Å². The number of carbonyl (C=O) groups is 1. The Bertz CT molecular complexity index is 531. The first-order valence-electron chi connectivity index (χ1n) is 9.59. The Labute approximate surface area is 150 Å². The van der Waals surface area contributed by atoms with Gasteiger partial charge in [-0.05, 0) is 49.6 Å². The summed E-state index contributed by atoms with van der Waals surface area (Å²) in [6.45, 7) is 5.49. The Morgan fingerprint density at radius 2 is 2.00 bits per heavy atom. The van der Waals surface area contributed by atoms with Crippen molar-refractivity contribution in [3.8, 4) is 0 Å². The quantitative estimate of drug-likeness (QED) is 0.784. The summed E-state index contributed by atoms with van der Waals surface area (Å²) in [5, 5.41) is 3.08. The van der Waals surface area contributed by atoms with Crippen LogP contribution in [0.3, 0.4) is 0 Å². The van der Waals surface area contributed by atoms with E-state index in [0.717, 1.165) is 65.1 Å². The fourth-order valence-corrected chi connectivity index (χ4v) is 3.87. The second-order valence-corrected chi connectivity index (χ2v) is 7.41. The second-order valence-electron chi connectivity index (χ2n) is 7.41. The largest absolute Gasteiger partial charge is 0.381 e. The molecular weight excluding hydrogens is 314 g/mol. The molecule has 2 aliphatic heterocycles. The number of rotatable bonds is 7. The molecule has 0 spiro atoms. The molecule has 0 aliphatic carbocycles. The third-order valence-electron chi connectivity index (χ3n) is 5.57. The third kappa shape index (κ3) is 5.53. The van der Waals surface area contributed by atoms with Crippen LogP contribution in [0.1, 0.15) is 24.8 Å². The van der Waals surface area contributed by atoms with Crippen LogP contribution in [0.25, 0.3) is 0 Å². The van der Waals surface area contributed by atoms with E-state index in [4.69, 9.17) is 10.5 Å². The Morgan fingerprint density at radius 3 is 2.76 bits per heavy atom. The first-order valence-corrected chi connectivity index (χ1v) is 9.59. The van der Waals surface area contributed by atoms with E-state index in [9.17, 15) is 4.79 Å². The van der Waals surface area contributed by atoms with E-state index in [0.29, 0.717) is 5.92 Å². The summed E-state index contributed by atoms with van der Waals surface area (Å²) in [6.07, 6.45) is 4.03. The lowest BCUT2D eigenvalue weighted by atomic mass is 9.92. The van der Waals surface area contributed by atoms with Crippen LogP contribution in [0.4, 0.5) is 0 Å². The number of hydrogen-bond acceptors (Lipinski definition) is 4. The zero-order valence-corrected chi connectivity index (χ0v) is 15.0. The first-order chi connectivity index (χ1) is 12.2. The number of benzene rings is 1. The smallest absolute Gasteiger partial charge is 0.237 e. The summed E-state index contributed by atoms with van der Waals surface area (Å²) in [5.74, 6) is 0.816. The van der Waals surface area contributed by atoms with Crippen molar-refractivity contribution in [1.29, 1.82) is 0 Å². The van der Waals surface area contributed by atoms with Gasteiger partial charge in [-0.1, -0.05) is 30.3 Å². The predicted molar refractivity (Wildman–Crippen MR) is 99.2 cm³/mol. The molecule has 2 atom stereocenters. The minimum atomic E-state index is -0.389. The predicted octanol–water partition coefficient (Wildman–Crippen LogP) is 1.42. The molecule has 0 saturated carbocycles. The number of likely N-dealkylation sites (tertiary alicyclic amines) is 1. The van der Waals surface area contributed by atoms with Crippen molar-refractivity contribution < 1.29 is 9.53 Å². The van der Waals surface area contributed by atoms with Gasteiger partial charge < -0.3 is 20.7 Å². The fourth-order valence-electron chi connectivity index (χ4n) is 3.87. The van der Waals surface area contributed by atoms with Crippen molar-refractivity contribution in [2.75, 3.05) is 39.4 Å². The van der Waals surface area contributed by atoms with Crippen LogP contribution < -0.4 is 11.1 Å². The van der Waals surface area contributed by atoms with Gasteiger partial charge in [-0.25, -0.2) is 0 Å². The number of amides is 1. The van der Waals surface area contributed by atoms with Crippen molar-refractivity contribution in [3.05, 3.63) is 35.9 Å². The third-order valence-corrected chi connectivity index (χ3v) is 5.57. The minimum Gasteiger partial charge on any atom is -0.381 e. The van der Waals surface area contributed by atoms with Crippen LogP contribution in [0.5, 0.6) is 0 Å². The summed E-state index contributed by atoms with van der Waals surface area (Å²) < 4.78 is 5.34. The van der Waals surface area contributed by atoms with Crippen LogP contribution in [0.15, 0.2) is 30.3 Å². The minimum absolute atomic E-state index is 0.00892. The maximum Gasteiger partial charge on any atom is 0.237 e. The molecule has 2 fully saturated rings. The monoisotopic (exact) mass is 345 g/mol. The molecule has 2 heterocycles. The van der Waals surface area contributed by atoms with Gasteiger partial charge in [-0.2, -0.15) is 0 Å². The molecule has 2 unspecified atom stereocenters. The zero-order chi connectivity index (χ0) is 17.5. The van der Waals surface area contributed by atoms with E-state index in [1.165, 1.54) is 5.56 Å². The molecule has 3 rings (SSSR count). The Balaban J connectivity index is 1.34. The fraction of sp³-hybridized carbons (Fsp3) is 0.650. The molecule has 1 aromatic rings. The van der Waals surface area contributed by atoms with Crippen LogP contribution >= 0.6 is 0 Å². The molecule has 1 aromatic carbocycles. The van der Waals surface area contributed by atoms with Gasteiger partial charge in [-0.3, -0.25) is 4.79 Å². The highest BCUT2D eigenvalue weighted by atomic mass is 16.5. The van der Waals surface area contributed by atoms with E-state index >= 15 is 0 Å². The number of hydrogen-bond donors (Lipinski definition) is 2. The molecular formula is C20H31N3O2. The number of nitrogens with two attached hydrogens (primary N) is 1. The molecule has 2 aliphatic rings. The summed E-state index contributed by atoms with van der Waals surface area (Å²) in [5.41, 5.74) is 7.53. The molecule has 1 amide bonds. The molecule has 3 N–H and O–H groups in total. The van der Waals surface area contributed by atoms with Gasteiger partial charge in [0.05, 0.1) is 6.04 Å². The average Bonchev–Trinajstić information content (AvgIpc) is 3.13. The van der Waals surface area contributed by atoms with E-state index in [2.05, 4.69) is 40.5 Å². The number of nitrogens with zero attached hydrogens (tertiary/aromatic N) is 1.